The van der Waals surface area contributed by atoms with Crippen LogP contribution < -0.4 is 15.8 Å². The Balaban J connectivity index is 2.45. The maximum absolute atomic E-state index is 13.4. The van der Waals surface area contributed by atoms with Crippen LogP contribution in [0.4, 0.5) is 13.2 Å². The maximum atomic E-state index is 13.4. The number of aromatic nitrogens is 1. The number of carbonyl (C=O) groups excluding carboxylic acids is 1. The van der Waals surface area contributed by atoms with E-state index >= 15 is 0 Å². The molecule has 7 nitrogen and oxygen atoms in total. The second kappa shape index (κ2) is 7.65. The van der Waals surface area contributed by atoms with Gasteiger partial charge in [-0.2, -0.15) is 18.2 Å². The lowest BCUT2D eigenvalue weighted by atomic mass is 10.1. The quantitative estimate of drug-likeness (QED) is 0.550. The zero-order chi connectivity index (χ0) is 19.5. The number of nitrogens with one attached hydrogen (secondary N) is 2. The molecule has 2 rings (SSSR count). The molecule has 1 aromatic heterocycles. The first-order valence-electron chi connectivity index (χ1n) is 7.69. The Morgan fingerprint density at radius 3 is 2.62 bits per heavy atom. The Labute approximate surface area is 148 Å². The van der Waals surface area contributed by atoms with Gasteiger partial charge in [-0.25, -0.2) is 0 Å². The predicted molar refractivity (Wildman–Crippen MR) is 92.4 cm³/mol. The zero-order valence-corrected chi connectivity index (χ0v) is 14.6. The summed E-state index contributed by atoms with van der Waals surface area (Å²) in [5.74, 6) is -0.862. The van der Waals surface area contributed by atoms with Crippen molar-refractivity contribution in [1.29, 1.82) is 0 Å². The topological polar surface area (TPSA) is 95.7 Å². The number of carbonyl (C=O) groups is 1. The minimum absolute atomic E-state index is 0.0609. The number of nitrogens with zero attached hydrogens (tertiary/aromatic N) is 2. The lowest BCUT2D eigenvalue weighted by Gasteiger charge is -2.13. The second-order valence-corrected chi connectivity index (χ2v) is 5.82. The number of hydrogen-bond donors (Lipinski definition) is 3. The summed E-state index contributed by atoms with van der Waals surface area (Å²) < 4.78 is 45.6. The molecular formula is C16H20F3N5O2. The van der Waals surface area contributed by atoms with Crippen LogP contribution in [-0.2, 0) is 6.18 Å². The summed E-state index contributed by atoms with van der Waals surface area (Å²) in [7, 11) is 5.12. The van der Waals surface area contributed by atoms with E-state index in [-0.39, 0.29) is 34.9 Å². The van der Waals surface area contributed by atoms with Gasteiger partial charge >= 0.3 is 6.18 Å². The fourth-order valence-electron chi connectivity index (χ4n) is 2.22. The number of H-pyrrole nitrogens is 1. The number of hydrogen-bond acceptors (Lipinski definition) is 3. The average molecular weight is 371 g/mol. The molecule has 26 heavy (non-hydrogen) atoms. The van der Waals surface area contributed by atoms with Crippen molar-refractivity contribution in [2.75, 3.05) is 34.3 Å². The van der Waals surface area contributed by atoms with Crippen molar-refractivity contribution in [3.8, 4) is 5.75 Å². The highest BCUT2D eigenvalue weighted by Gasteiger charge is 2.34. The maximum Gasteiger partial charge on any atom is 0.417 e. The number of alkyl halides is 3. The standard InChI is InChI=1S/C16H20F3N5O2/c1-21-15(20)23-14(25)13-8-10-11(16(17,18)19)6-9(7-12(10)22-13)26-5-4-24(2)3/h6-8,22H,4-5H2,1-3H3,(H3,20,21,23,25). The minimum atomic E-state index is -4.60. The number of likely N-dealkylation sites (N-methyl/N-ethyl adjacent to an activating group) is 1. The van der Waals surface area contributed by atoms with Gasteiger partial charge in [-0.3, -0.25) is 4.79 Å². The molecule has 0 fully saturated rings. The monoisotopic (exact) mass is 371 g/mol. The molecule has 0 saturated carbocycles. The van der Waals surface area contributed by atoms with Gasteiger partial charge in [0, 0.05) is 25.0 Å². The summed E-state index contributed by atoms with van der Waals surface area (Å²) in [5, 5.41) is 2.33. The molecule has 142 valence electrons. The SMILES string of the molecule is CNC(N)=NC(=O)c1cc2c(C(F)(F)F)cc(OCCN(C)C)cc2[nH]1. The van der Waals surface area contributed by atoms with E-state index in [0.717, 1.165) is 12.1 Å². The molecule has 0 saturated heterocycles. The first-order valence-corrected chi connectivity index (χ1v) is 7.69. The Morgan fingerprint density at radius 2 is 2.04 bits per heavy atom. The number of guanidine groups is 1. The Bertz CT molecular complexity index is 827. The molecule has 0 unspecified atom stereocenters. The van der Waals surface area contributed by atoms with E-state index in [1.54, 1.807) is 0 Å². The predicted octanol–water partition coefficient (Wildman–Crippen LogP) is 1.80. The third-order valence-corrected chi connectivity index (χ3v) is 3.53. The summed E-state index contributed by atoms with van der Waals surface area (Å²) in [4.78, 5) is 20.1. The van der Waals surface area contributed by atoms with E-state index in [4.69, 9.17) is 10.5 Å². The fourth-order valence-corrected chi connectivity index (χ4v) is 2.22. The molecule has 10 heteroatoms. The van der Waals surface area contributed by atoms with Crippen LogP contribution >= 0.6 is 0 Å². The first-order chi connectivity index (χ1) is 12.1. The average Bonchev–Trinajstić information content (AvgIpc) is 2.96. The van der Waals surface area contributed by atoms with Crippen molar-refractivity contribution in [1.82, 2.24) is 15.2 Å². The van der Waals surface area contributed by atoms with Gasteiger partial charge in [0.15, 0.2) is 5.96 Å². The van der Waals surface area contributed by atoms with Gasteiger partial charge in [0.05, 0.1) is 11.1 Å². The molecule has 1 heterocycles. The molecule has 4 N–H and O–H groups in total. The fraction of sp³-hybridized carbons (Fsp3) is 0.375. The number of rotatable bonds is 5. The van der Waals surface area contributed by atoms with Crippen LogP contribution in [0.2, 0.25) is 0 Å². The smallest absolute Gasteiger partial charge is 0.417 e. The number of nitrogens with two attached hydrogens (primary N) is 1. The van der Waals surface area contributed by atoms with Crippen molar-refractivity contribution in [2.24, 2.45) is 10.7 Å². The second-order valence-electron chi connectivity index (χ2n) is 5.82. The van der Waals surface area contributed by atoms with Crippen LogP contribution in [0.25, 0.3) is 10.9 Å². The molecule has 0 aliphatic heterocycles. The van der Waals surface area contributed by atoms with Gasteiger partial charge in [-0.15, -0.1) is 0 Å². The van der Waals surface area contributed by atoms with Gasteiger partial charge in [0.1, 0.15) is 18.1 Å². The van der Waals surface area contributed by atoms with Crippen LogP contribution in [0.1, 0.15) is 16.1 Å². The van der Waals surface area contributed by atoms with Crippen molar-refractivity contribution < 1.29 is 22.7 Å². The van der Waals surface area contributed by atoms with E-state index in [9.17, 15) is 18.0 Å². The van der Waals surface area contributed by atoms with Crippen LogP contribution in [0.5, 0.6) is 5.75 Å². The van der Waals surface area contributed by atoms with Crippen LogP contribution in [0.3, 0.4) is 0 Å². The van der Waals surface area contributed by atoms with Crippen LogP contribution in [-0.4, -0.2) is 56.0 Å². The Kier molecular flexibility index (Phi) is 5.76. The molecule has 0 radical (unpaired) electrons. The highest BCUT2D eigenvalue weighted by Crippen LogP contribution is 2.38. The zero-order valence-electron chi connectivity index (χ0n) is 14.6. The highest BCUT2D eigenvalue weighted by atomic mass is 19.4. The Hall–Kier alpha value is -2.75. The lowest BCUT2D eigenvalue weighted by molar-refractivity contribution is -0.136. The van der Waals surface area contributed by atoms with Gasteiger partial charge in [-0.05, 0) is 26.2 Å². The molecule has 0 aliphatic rings. The third kappa shape index (κ3) is 4.66. The van der Waals surface area contributed by atoms with Crippen molar-refractivity contribution >= 4 is 22.8 Å². The van der Waals surface area contributed by atoms with Gasteiger partial charge in [0.25, 0.3) is 5.91 Å². The Morgan fingerprint density at radius 1 is 1.35 bits per heavy atom. The minimum Gasteiger partial charge on any atom is -0.492 e. The van der Waals surface area contributed by atoms with E-state index in [0.29, 0.717) is 6.54 Å². The summed E-state index contributed by atoms with van der Waals surface area (Å²) in [6.07, 6.45) is -4.60. The normalized spacial score (nSPS) is 12.7. The molecule has 0 spiro atoms. The third-order valence-electron chi connectivity index (χ3n) is 3.53. The highest BCUT2D eigenvalue weighted by molar-refractivity contribution is 6.04. The molecule has 2 aromatic rings. The lowest BCUT2D eigenvalue weighted by Crippen LogP contribution is -2.28. The molecular weight excluding hydrogens is 351 g/mol. The number of benzene rings is 1. The largest absolute Gasteiger partial charge is 0.492 e. The number of amides is 1. The van der Waals surface area contributed by atoms with Crippen LogP contribution in [0, 0.1) is 0 Å². The van der Waals surface area contributed by atoms with Gasteiger partial charge in [0.2, 0.25) is 0 Å². The number of aliphatic imine (C=N–C) groups is 1. The summed E-state index contributed by atoms with van der Waals surface area (Å²) in [6, 6.07) is 3.45. The molecule has 1 amide bonds. The number of aromatic amines is 1. The number of fused-ring (bicyclic) bond motifs is 1. The first kappa shape index (κ1) is 19.6. The number of ether oxygens (including phenoxy) is 1. The molecule has 0 bridgehead atoms. The van der Waals surface area contributed by atoms with E-state index < -0.39 is 17.6 Å². The molecule has 1 aromatic carbocycles. The van der Waals surface area contributed by atoms with Crippen molar-refractivity contribution in [3.05, 3.63) is 29.5 Å². The summed E-state index contributed by atoms with van der Waals surface area (Å²) in [6.45, 7) is 0.775. The molecule has 0 atom stereocenters. The summed E-state index contributed by atoms with van der Waals surface area (Å²) in [5.41, 5.74) is 4.54. The van der Waals surface area contributed by atoms with E-state index in [1.807, 2.05) is 19.0 Å². The number of halogens is 3. The van der Waals surface area contributed by atoms with E-state index in [2.05, 4.69) is 15.3 Å². The van der Waals surface area contributed by atoms with Crippen molar-refractivity contribution in [3.63, 3.8) is 0 Å². The van der Waals surface area contributed by atoms with Gasteiger partial charge < -0.3 is 25.7 Å². The van der Waals surface area contributed by atoms with Gasteiger partial charge in [-0.1, -0.05) is 0 Å². The molecule has 0 aliphatic carbocycles. The van der Waals surface area contributed by atoms with Crippen molar-refractivity contribution in [2.45, 2.75) is 6.18 Å². The summed E-state index contributed by atoms with van der Waals surface area (Å²) >= 11 is 0. The van der Waals surface area contributed by atoms with Crippen LogP contribution in [0.15, 0.2) is 23.2 Å². The van der Waals surface area contributed by atoms with E-state index in [1.165, 1.54) is 13.1 Å².